The van der Waals surface area contributed by atoms with Gasteiger partial charge in [-0.3, -0.25) is 5.01 Å². The second-order valence-electron chi connectivity index (χ2n) is 6.54. The molecule has 3 atom stereocenters. The summed E-state index contributed by atoms with van der Waals surface area (Å²) in [6, 6.07) is 0.417. The summed E-state index contributed by atoms with van der Waals surface area (Å²) < 4.78 is 0. The number of piperidine rings is 1. The van der Waals surface area contributed by atoms with Gasteiger partial charge in [0.15, 0.2) is 0 Å². The lowest BCUT2D eigenvalue weighted by Gasteiger charge is -2.50. The normalized spacial score (nSPS) is 35.7. The van der Waals surface area contributed by atoms with Crippen molar-refractivity contribution < 1.29 is 0 Å². The lowest BCUT2D eigenvalue weighted by atomic mass is 9.64. The molecule has 1 saturated heterocycles. The average molecular weight is 224 g/mol. The van der Waals surface area contributed by atoms with Crippen LogP contribution in [0.4, 0.5) is 0 Å². The monoisotopic (exact) mass is 224 g/mol. The first-order chi connectivity index (χ1) is 7.54. The Labute approximate surface area is 98.5 Å². The van der Waals surface area contributed by atoms with Gasteiger partial charge in [0.2, 0.25) is 0 Å². The molecular weight excluding hydrogens is 200 g/mol. The van der Waals surface area contributed by atoms with Gasteiger partial charge in [-0.25, -0.2) is 0 Å². The summed E-state index contributed by atoms with van der Waals surface area (Å²) in [4.78, 5) is 11.0. The molecule has 3 heteroatoms. The SMILES string of the molecule is CC(C)(C)[C@H]1CCC[C@@H]2CCCN(N=O)[C@H]21. The van der Waals surface area contributed by atoms with Crippen LogP contribution in [0, 0.1) is 22.2 Å². The number of hydrogen-bond donors (Lipinski definition) is 0. The maximum absolute atomic E-state index is 11.0. The number of nitrogens with zero attached hydrogens (tertiary/aromatic N) is 2. The predicted molar refractivity (Wildman–Crippen MR) is 65.8 cm³/mol. The van der Waals surface area contributed by atoms with Gasteiger partial charge in [0.05, 0.1) is 11.3 Å². The average Bonchev–Trinajstić information content (AvgIpc) is 2.26. The number of nitroso groups, excluding NO2 is 1. The van der Waals surface area contributed by atoms with Gasteiger partial charge in [-0.05, 0) is 42.9 Å². The Morgan fingerprint density at radius 1 is 1.12 bits per heavy atom. The van der Waals surface area contributed by atoms with E-state index in [1.165, 1.54) is 25.7 Å². The van der Waals surface area contributed by atoms with Crippen LogP contribution in [0.15, 0.2) is 5.29 Å². The second-order valence-corrected chi connectivity index (χ2v) is 6.54. The molecule has 1 aliphatic carbocycles. The minimum Gasteiger partial charge on any atom is -0.257 e. The second kappa shape index (κ2) is 4.34. The molecule has 92 valence electrons. The zero-order chi connectivity index (χ0) is 11.8. The standard InChI is InChI=1S/C13H24N2O/c1-13(2,3)11-8-4-6-10-7-5-9-15(14-16)12(10)11/h10-12H,4-9H2,1-3H3/t10-,11+,12-/m1/s1. The van der Waals surface area contributed by atoms with Gasteiger partial charge >= 0.3 is 0 Å². The van der Waals surface area contributed by atoms with Gasteiger partial charge < -0.3 is 0 Å². The molecule has 16 heavy (non-hydrogen) atoms. The van der Waals surface area contributed by atoms with Crippen molar-refractivity contribution in [3.05, 3.63) is 4.91 Å². The van der Waals surface area contributed by atoms with E-state index in [9.17, 15) is 4.91 Å². The molecule has 0 bridgehead atoms. The maximum Gasteiger partial charge on any atom is 0.0563 e. The first kappa shape index (κ1) is 11.9. The van der Waals surface area contributed by atoms with Crippen LogP contribution in [0.3, 0.4) is 0 Å². The Bertz CT molecular complexity index is 257. The Hall–Kier alpha value is -0.600. The summed E-state index contributed by atoms with van der Waals surface area (Å²) in [6.07, 6.45) is 6.32. The molecule has 0 amide bonds. The molecule has 2 rings (SSSR count). The molecule has 0 aromatic carbocycles. The third-order valence-corrected chi connectivity index (χ3v) is 4.51. The van der Waals surface area contributed by atoms with Crippen molar-refractivity contribution >= 4 is 0 Å². The minimum absolute atomic E-state index is 0.295. The minimum atomic E-state index is 0.295. The third-order valence-electron chi connectivity index (χ3n) is 4.51. The zero-order valence-corrected chi connectivity index (χ0v) is 10.8. The molecule has 1 heterocycles. The van der Waals surface area contributed by atoms with Crippen molar-refractivity contribution in [2.75, 3.05) is 6.54 Å². The highest BCUT2D eigenvalue weighted by Gasteiger charge is 2.44. The van der Waals surface area contributed by atoms with E-state index in [1.54, 1.807) is 0 Å². The highest BCUT2D eigenvalue weighted by atomic mass is 16.3. The Morgan fingerprint density at radius 3 is 2.44 bits per heavy atom. The molecule has 0 N–H and O–H groups in total. The summed E-state index contributed by atoms with van der Waals surface area (Å²) in [6.45, 7) is 7.78. The number of fused-ring (bicyclic) bond motifs is 1. The largest absolute Gasteiger partial charge is 0.257 e. The molecule has 1 saturated carbocycles. The fourth-order valence-electron chi connectivity index (χ4n) is 3.74. The molecule has 1 aliphatic heterocycles. The summed E-state index contributed by atoms with van der Waals surface area (Å²) >= 11 is 0. The van der Waals surface area contributed by atoms with Crippen molar-refractivity contribution in [1.82, 2.24) is 5.01 Å². The van der Waals surface area contributed by atoms with Crippen molar-refractivity contribution in [2.45, 2.75) is 58.9 Å². The van der Waals surface area contributed by atoms with Gasteiger partial charge in [0, 0.05) is 6.54 Å². The van der Waals surface area contributed by atoms with E-state index in [0.29, 0.717) is 23.3 Å². The van der Waals surface area contributed by atoms with E-state index >= 15 is 0 Å². The topological polar surface area (TPSA) is 32.7 Å². The van der Waals surface area contributed by atoms with Crippen LogP contribution < -0.4 is 0 Å². The summed E-state index contributed by atoms with van der Waals surface area (Å²) in [5.41, 5.74) is 0.295. The van der Waals surface area contributed by atoms with Crippen LogP contribution in [0.2, 0.25) is 0 Å². The number of rotatable bonds is 1. The van der Waals surface area contributed by atoms with Crippen molar-refractivity contribution in [1.29, 1.82) is 0 Å². The number of hydrogen-bond acceptors (Lipinski definition) is 2. The van der Waals surface area contributed by atoms with E-state index in [0.717, 1.165) is 13.0 Å². The Kier molecular flexibility index (Phi) is 3.22. The van der Waals surface area contributed by atoms with Crippen molar-refractivity contribution in [3.8, 4) is 0 Å². The van der Waals surface area contributed by atoms with Gasteiger partial charge in [0.25, 0.3) is 0 Å². The van der Waals surface area contributed by atoms with Gasteiger partial charge in [-0.1, -0.05) is 27.2 Å². The van der Waals surface area contributed by atoms with Gasteiger partial charge in [0.1, 0.15) is 0 Å². The lowest BCUT2D eigenvalue weighted by molar-refractivity contribution is -0.0230. The highest BCUT2D eigenvalue weighted by molar-refractivity contribution is 4.95. The predicted octanol–water partition coefficient (Wildman–Crippen LogP) is 3.59. The molecule has 0 spiro atoms. The first-order valence-electron chi connectivity index (χ1n) is 6.64. The van der Waals surface area contributed by atoms with Crippen LogP contribution in [-0.4, -0.2) is 17.6 Å². The van der Waals surface area contributed by atoms with Crippen LogP contribution in [0.1, 0.15) is 52.9 Å². The molecule has 2 fully saturated rings. The lowest BCUT2D eigenvalue weighted by Crippen LogP contribution is -2.52. The fourth-order valence-corrected chi connectivity index (χ4v) is 3.74. The van der Waals surface area contributed by atoms with E-state index in [-0.39, 0.29) is 0 Å². The summed E-state index contributed by atoms with van der Waals surface area (Å²) in [5.74, 6) is 1.34. The molecule has 0 radical (unpaired) electrons. The smallest absolute Gasteiger partial charge is 0.0563 e. The van der Waals surface area contributed by atoms with Gasteiger partial charge in [-0.15, -0.1) is 4.91 Å². The summed E-state index contributed by atoms with van der Waals surface area (Å²) in [5, 5.41) is 5.13. The third kappa shape index (κ3) is 2.09. The van der Waals surface area contributed by atoms with E-state index in [4.69, 9.17) is 0 Å². The van der Waals surface area contributed by atoms with Crippen LogP contribution in [0.5, 0.6) is 0 Å². The van der Waals surface area contributed by atoms with E-state index < -0.39 is 0 Å². The van der Waals surface area contributed by atoms with Crippen LogP contribution >= 0.6 is 0 Å². The maximum atomic E-state index is 11.0. The van der Waals surface area contributed by atoms with Crippen molar-refractivity contribution in [2.24, 2.45) is 22.5 Å². The van der Waals surface area contributed by atoms with Crippen LogP contribution in [0.25, 0.3) is 0 Å². The van der Waals surface area contributed by atoms with E-state index in [2.05, 4.69) is 26.1 Å². The first-order valence-corrected chi connectivity index (χ1v) is 6.64. The van der Waals surface area contributed by atoms with Crippen molar-refractivity contribution in [3.63, 3.8) is 0 Å². The summed E-state index contributed by atoms with van der Waals surface area (Å²) in [7, 11) is 0. The fraction of sp³-hybridized carbons (Fsp3) is 1.00. The molecule has 3 nitrogen and oxygen atoms in total. The Morgan fingerprint density at radius 2 is 1.81 bits per heavy atom. The Balaban J connectivity index is 2.21. The molecule has 0 aromatic heterocycles. The zero-order valence-electron chi connectivity index (χ0n) is 10.8. The molecule has 2 aliphatic rings. The van der Waals surface area contributed by atoms with Crippen LogP contribution in [-0.2, 0) is 0 Å². The molecule has 0 aromatic rings. The quantitative estimate of drug-likeness (QED) is 0.637. The van der Waals surface area contributed by atoms with E-state index in [1.807, 2.05) is 5.01 Å². The highest BCUT2D eigenvalue weighted by Crippen LogP contribution is 2.46. The molecular formula is C13H24N2O. The molecule has 0 unspecified atom stereocenters. The van der Waals surface area contributed by atoms with Gasteiger partial charge in [-0.2, -0.15) is 0 Å².